The molecule has 0 saturated carbocycles. The molecule has 0 radical (unpaired) electrons. The molecule has 0 unspecified atom stereocenters. The molecule has 12 heavy (non-hydrogen) atoms. The predicted molar refractivity (Wildman–Crippen MR) is 49.4 cm³/mol. The van der Waals surface area contributed by atoms with Crippen molar-refractivity contribution in [3.63, 3.8) is 0 Å². The van der Waals surface area contributed by atoms with Crippen molar-refractivity contribution in [3.05, 3.63) is 0 Å². The van der Waals surface area contributed by atoms with Crippen LogP contribution in [0.1, 0.15) is 26.7 Å². The van der Waals surface area contributed by atoms with Crippen molar-refractivity contribution in [2.75, 3.05) is 18.8 Å². The van der Waals surface area contributed by atoms with E-state index in [1.165, 1.54) is 0 Å². The molecule has 72 valence electrons. The van der Waals surface area contributed by atoms with Gasteiger partial charge in [0.25, 0.3) is 0 Å². The SMILES string of the molecule is CCCS(=O)(=O)N1CC(CC)C1. The average molecular weight is 191 g/mol. The van der Waals surface area contributed by atoms with Crippen molar-refractivity contribution in [2.24, 2.45) is 5.92 Å². The third-order valence-electron chi connectivity index (χ3n) is 2.36. The molecule has 0 aliphatic carbocycles. The number of rotatable bonds is 4. The average Bonchev–Trinajstić information content (AvgIpc) is 1.83. The fourth-order valence-corrected chi connectivity index (χ4v) is 3.04. The number of hydrogen-bond donors (Lipinski definition) is 0. The van der Waals surface area contributed by atoms with E-state index in [2.05, 4.69) is 6.92 Å². The maximum atomic E-state index is 11.4. The first-order valence-electron chi connectivity index (χ1n) is 4.58. The molecule has 1 rings (SSSR count). The summed E-state index contributed by atoms with van der Waals surface area (Å²) in [5.74, 6) is 0.917. The highest BCUT2D eigenvalue weighted by Crippen LogP contribution is 2.22. The Morgan fingerprint density at radius 2 is 1.92 bits per heavy atom. The van der Waals surface area contributed by atoms with Crippen LogP contribution in [-0.4, -0.2) is 31.6 Å². The minimum Gasteiger partial charge on any atom is -0.212 e. The van der Waals surface area contributed by atoms with Gasteiger partial charge >= 0.3 is 0 Å². The van der Waals surface area contributed by atoms with Crippen molar-refractivity contribution < 1.29 is 8.42 Å². The molecule has 0 amide bonds. The summed E-state index contributed by atoms with van der Waals surface area (Å²) in [6.07, 6.45) is 1.81. The predicted octanol–water partition coefficient (Wildman–Crippen LogP) is 1.07. The Morgan fingerprint density at radius 1 is 1.33 bits per heavy atom. The third-order valence-corrected chi connectivity index (χ3v) is 4.37. The molecule has 4 heteroatoms. The molecule has 0 spiro atoms. The van der Waals surface area contributed by atoms with E-state index in [0.29, 0.717) is 11.7 Å². The Bertz CT molecular complexity index is 229. The van der Waals surface area contributed by atoms with Gasteiger partial charge in [-0.3, -0.25) is 0 Å². The summed E-state index contributed by atoms with van der Waals surface area (Å²) in [7, 11) is -2.88. The summed E-state index contributed by atoms with van der Waals surface area (Å²) >= 11 is 0. The van der Waals surface area contributed by atoms with Gasteiger partial charge in [-0.1, -0.05) is 20.3 Å². The van der Waals surface area contributed by atoms with Crippen LogP contribution >= 0.6 is 0 Å². The molecule has 1 aliphatic rings. The lowest BCUT2D eigenvalue weighted by molar-refractivity contribution is 0.196. The zero-order valence-corrected chi connectivity index (χ0v) is 8.60. The molecule has 3 nitrogen and oxygen atoms in total. The topological polar surface area (TPSA) is 37.4 Å². The van der Waals surface area contributed by atoms with Crippen LogP contribution in [-0.2, 0) is 10.0 Å². The monoisotopic (exact) mass is 191 g/mol. The highest BCUT2D eigenvalue weighted by Gasteiger charge is 2.33. The molecule has 0 N–H and O–H groups in total. The van der Waals surface area contributed by atoms with Crippen molar-refractivity contribution in [2.45, 2.75) is 26.7 Å². The van der Waals surface area contributed by atoms with Crippen LogP contribution in [0.25, 0.3) is 0 Å². The normalized spacial score (nSPS) is 20.8. The maximum Gasteiger partial charge on any atom is 0.214 e. The second kappa shape index (κ2) is 3.75. The Kier molecular flexibility index (Phi) is 3.12. The van der Waals surface area contributed by atoms with E-state index in [-0.39, 0.29) is 0 Å². The first-order chi connectivity index (χ1) is 5.60. The van der Waals surface area contributed by atoms with Crippen LogP contribution in [0.3, 0.4) is 0 Å². The van der Waals surface area contributed by atoms with Crippen LogP contribution < -0.4 is 0 Å². The van der Waals surface area contributed by atoms with E-state index in [0.717, 1.165) is 25.9 Å². The van der Waals surface area contributed by atoms with E-state index in [9.17, 15) is 8.42 Å². The summed E-state index contributed by atoms with van der Waals surface area (Å²) in [6.45, 7) is 5.50. The Balaban J connectivity index is 2.41. The summed E-state index contributed by atoms with van der Waals surface area (Å²) in [6, 6.07) is 0. The van der Waals surface area contributed by atoms with Gasteiger partial charge < -0.3 is 0 Å². The molecule has 0 aromatic carbocycles. The summed E-state index contributed by atoms with van der Waals surface area (Å²) < 4.78 is 24.4. The lowest BCUT2D eigenvalue weighted by atomic mass is 10.0. The molecule has 0 bridgehead atoms. The number of hydrogen-bond acceptors (Lipinski definition) is 2. The fraction of sp³-hybridized carbons (Fsp3) is 1.00. The molecule has 1 fully saturated rings. The van der Waals surface area contributed by atoms with Crippen LogP contribution in [0.15, 0.2) is 0 Å². The minimum absolute atomic E-state index is 0.309. The van der Waals surface area contributed by atoms with E-state index in [1.807, 2.05) is 6.92 Å². The van der Waals surface area contributed by atoms with Gasteiger partial charge in [-0.15, -0.1) is 0 Å². The molecule has 0 atom stereocenters. The zero-order valence-electron chi connectivity index (χ0n) is 7.78. The Labute approximate surface area is 74.8 Å². The van der Waals surface area contributed by atoms with E-state index in [4.69, 9.17) is 0 Å². The van der Waals surface area contributed by atoms with Crippen molar-refractivity contribution >= 4 is 10.0 Å². The van der Waals surface area contributed by atoms with Gasteiger partial charge in [0.1, 0.15) is 0 Å². The third kappa shape index (κ3) is 1.98. The van der Waals surface area contributed by atoms with Gasteiger partial charge in [-0.25, -0.2) is 12.7 Å². The smallest absolute Gasteiger partial charge is 0.212 e. The van der Waals surface area contributed by atoms with E-state index < -0.39 is 10.0 Å². The van der Waals surface area contributed by atoms with Gasteiger partial charge in [0, 0.05) is 13.1 Å². The molecule has 0 aromatic heterocycles. The number of nitrogens with zero attached hydrogens (tertiary/aromatic N) is 1. The Hall–Kier alpha value is -0.0900. The Morgan fingerprint density at radius 3 is 2.33 bits per heavy atom. The van der Waals surface area contributed by atoms with Gasteiger partial charge in [-0.05, 0) is 12.3 Å². The number of sulfonamides is 1. The van der Waals surface area contributed by atoms with Crippen LogP contribution in [0.4, 0.5) is 0 Å². The van der Waals surface area contributed by atoms with Crippen molar-refractivity contribution in [3.8, 4) is 0 Å². The maximum absolute atomic E-state index is 11.4. The second-order valence-corrected chi connectivity index (χ2v) is 5.50. The van der Waals surface area contributed by atoms with E-state index >= 15 is 0 Å². The highest BCUT2D eigenvalue weighted by molar-refractivity contribution is 7.89. The molecule has 1 aliphatic heterocycles. The van der Waals surface area contributed by atoms with Crippen molar-refractivity contribution in [1.82, 2.24) is 4.31 Å². The quantitative estimate of drug-likeness (QED) is 0.666. The fourth-order valence-electron chi connectivity index (χ4n) is 1.39. The molecular weight excluding hydrogens is 174 g/mol. The minimum atomic E-state index is -2.88. The summed E-state index contributed by atoms with van der Waals surface area (Å²) in [5, 5.41) is 0. The molecular formula is C8H17NO2S. The molecule has 1 saturated heterocycles. The summed E-state index contributed by atoms with van der Waals surface area (Å²) in [4.78, 5) is 0. The largest absolute Gasteiger partial charge is 0.214 e. The first-order valence-corrected chi connectivity index (χ1v) is 6.19. The van der Waals surface area contributed by atoms with Crippen LogP contribution in [0, 0.1) is 5.92 Å². The van der Waals surface area contributed by atoms with Gasteiger partial charge in [0.05, 0.1) is 5.75 Å². The van der Waals surface area contributed by atoms with Crippen molar-refractivity contribution in [1.29, 1.82) is 0 Å². The van der Waals surface area contributed by atoms with E-state index in [1.54, 1.807) is 4.31 Å². The van der Waals surface area contributed by atoms with Gasteiger partial charge in [0.15, 0.2) is 0 Å². The standard InChI is InChI=1S/C8H17NO2S/c1-3-5-12(10,11)9-6-8(4-2)7-9/h8H,3-7H2,1-2H3. The zero-order chi connectivity index (χ0) is 9.19. The highest BCUT2D eigenvalue weighted by atomic mass is 32.2. The van der Waals surface area contributed by atoms with Crippen LogP contribution in [0.2, 0.25) is 0 Å². The molecule has 1 heterocycles. The first kappa shape index (κ1) is 9.99. The molecule has 0 aromatic rings. The lowest BCUT2D eigenvalue weighted by Crippen LogP contribution is -2.50. The van der Waals surface area contributed by atoms with Gasteiger partial charge in [-0.2, -0.15) is 0 Å². The lowest BCUT2D eigenvalue weighted by Gasteiger charge is -2.37. The van der Waals surface area contributed by atoms with Crippen LogP contribution in [0.5, 0.6) is 0 Å². The summed E-state index contributed by atoms with van der Waals surface area (Å²) in [5.41, 5.74) is 0. The van der Waals surface area contributed by atoms with Gasteiger partial charge in [0.2, 0.25) is 10.0 Å². The second-order valence-electron chi connectivity index (χ2n) is 3.41.